The first kappa shape index (κ1) is 13.1. The summed E-state index contributed by atoms with van der Waals surface area (Å²) in [6, 6.07) is 4.76. The highest BCUT2D eigenvalue weighted by molar-refractivity contribution is 6.31. The fourth-order valence-electron chi connectivity index (χ4n) is 1.28. The Morgan fingerprint density at radius 3 is 2.81 bits per heavy atom. The molecule has 16 heavy (non-hydrogen) atoms. The van der Waals surface area contributed by atoms with E-state index in [1.807, 2.05) is 13.8 Å². The highest BCUT2D eigenvalue weighted by atomic mass is 35.5. The van der Waals surface area contributed by atoms with E-state index >= 15 is 0 Å². The maximum atomic E-state index is 13.1. The van der Waals surface area contributed by atoms with Gasteiger partial charge in [0.2, 0.25) is 0 Å². The summed E-state index contributed by atoms with van der Waals surface area (Å²) in [4.78, 5) is 11.5. The van der Waals surface area contributed by atoms with Gasteiger partial charge in [-0.15, -0.1) is 0 Å². The first-order valence-corrected chi connectivity index (χ1v) is 5.56. The molecule has 0 spiro atoms. The lowest BCUT2D eigenvalue weighted by molar-refractivity contribution is -0.117. The van der Waals surface area contributed by atoms with Crippen molar-refractivity contribution in [3.05, 3.63) is 34.6 Å². The topological polar surface area (TPSA) is 29.1 Å². The molecular weight excluding hydrogens is 229 g/mol. The third-order valence-corrected chi connectivity index (χ3v) is 2.55. The second-order valence-corrected chi connectivity index (χ2v) is 4.34. The van der Waals surface area contributed by atoms with Crippen molar-refractivity contribution in [2.24, 2.45) is 0 Å². The van der Waals surface area contributed by atoms with E-state index in [1.165, 1.54) is 6.07 Å². The monoisotopic (exact) mass is 243 g/mol. The summed E-state index contributed by atoms with van der Waals surface area (Å²) >= 11 is 5.75. The van der Waals surface area contributed by atoms with E-state index in [0.29, 0.717) is 5.56 Å². The Bertz CT molecular complexity index is 379. The average molecular weight is 244 g/mol. The van der Waals surface area contributed by atoms with Gasteiger partial charge in [0, 0.05) is 12.5 Å². The van der Waals surface area contributed by atoms with Crippen molar-refractivity contribution in [1.29, 1.82) is 0 Å². The van der Waals surface area contributed by atoms with Crippen molar-refractivity contribution in [2.75, 3.05) is 6.54 Å². The van der Waals surface area contributed by atoms with Crippen LogP contribution >= 0.6 is 11.6 Å². The van der Waals surface area contributed by atoms with Crippen LogP contribution in [0.5, 0.6) is 0 Å². The molecule has 0 heterocycles. The zero-order chi connectivity index (χ0) is 12.1. The van der Waals surface area contributed by atoms with E-state index in [1.54, 1.807) is 12.1 Å². The molecular formula is C12H15ClFNO. The number of halogens is 2. The van der Waals surface area contributed by atoms with E-state index in [9.17, 15) is 9.18 Å². The molecule has 0 saturated carbocycles. The van der Waals surface area contributed by atoms with Gasteiger partial charge in [-0.3, -0.25) is 4.79 Å². The second kappa shape index (κ2) is 5.97. The van der Waals surface area contributed by atoms with Crippen molar-refractivity contribution < 1.29 is 9.18 Å². The largest absolute Gasteiger partial charge is 0.308 e. The number of hydrogen-bond acceptors (Lipinski definition) is 2. The standard InChI is InChI=1S/C12H15ClFNO/c1-8(2)15-7-10(16)6-9-4-3-5-11(14)12(9)13/h3-5,8,15H,6-7H2,1-2H3. The molecule has 0 aliphatic heterocycles. The van der Waals surface area contributed by atoms with Crippen LogP contribution in [0.3, 0.4) is 0 Å². The normalized spacial score (nSPS) is 10.8. The van der Waals surface area contributed by atoms with E-state index in [-0.39, 0.29) is 29.8 Å². The van der Waals surface area contributed by atoms with E-state index < -0.39 is 5.82 Å². The van der Waals surface area contributed by atoms with Crippen LogP contribution in [0.25, 0.3) is 0 Å². The molecule has 1 aromatic rings. The number of hydrogen-bond donors (Lipinski definition) is 1. The zero-order valence-corrected chi connectivity index (χ0v) is 10.1. The van der Waals surface area contributed by atoms with Crippen molar-refractivity contribution in [2.45, 2.75) is 26.3 Å². The summed E-state index contributed by atoms with van der Waals surface area (Å²) in [5, 5.41) is 3.06. The summed E-state index contributed by atoms with van der Waals surface area (Å²) in [7, 11) is 0. The Labute approximate surface area is 99.8 Å². The Morgan fingerprint density at radius 1 is 1.50 bits per heavy atom. The second-order valence-electron chi connectivity index (χ2n) is 3.96. The number of benzene rings is 1. The molecule has 0 radical (unpaired) electrons. The summed E-state index contributed by atoms with van der Waals surface area (Å²) in [6.45, 7) is 4.20. The molecule has 0 bridgehead atoms. The van der Waals surface area contributed by atoms with Crippen LogP contribution in [-0.2, 0) is 11.2 Å². The van der Waals surface area contributed by atoms with Crippen molar-refractivity contribution in [3.63, 3.8) is 0 Å². The third-order valence-electron chi connectivity index (χ3n) is 2.13. The van der Waals surface area contributed by atoms with Crippen LogP contribution in [0.1, 0.15) is 19.4 Å². The minimum absolute atomic E-state index is 0.00111. The van der Waals surface area contributed by atoms with Crippen molar-refractivity contribution in [3.8, 4) is 0 Å². The Balaban J connectivity index is 2.59. The van der Waals surface area contributed by atoms with Crippen LogP contribution in [0.2, 0.25) is 5.02 Å². The molecule has 0 fully saturated rings. The lowest BCUT2D eigenvalue weighted by Gasteiger charge is -2.08. The van der Waals surface area contributed by atoms with E-state index in [0.717, 1.165) is 0 Å². The Hall–Kier alpha value is -0.930. The Kier molecular flexibility index (Phi) is 4.90. The smallest absolute Gasteiger partial charge is 0.151 e. The maximum absolute atomic E-state index is 13.1. The molecule has 0 atom stereocenters. The number of carbonyl (C=O) groups excluding carboxylic acids is 1. The van der Waals surface area contributed by atoms with Gasteiger partial charge in [0.25, 0.3) is 0 Å². The van der Waals surface area contributed by atoms with Gasteiger partial charge in [0.15, 0.2) is 5.78 Å². The fourth-order valence-corrected chi connectivity index (χ4v) is 1.47. The van der Waals surface area contributed by atoms with Gasteiger partial charge in [-0.1, -0.05) is 37.6 Å². The zero-order valence-electron chi connectivity index (χ0n) is 9.39. The molecule has 0 aliphatic rings. The SMILES string of the molecule is CC(C)NCC(=O)Cc1cccc(F)c1Cl. The lowest BCUT2D eigenvalue weighted by Crippen LogP contribution is -2.30. The molecule has 4 heteroatoms. The maximum Gasteiger partial charge on any atom is 0.151 e. The van der Waals surface area contributed by atoms with Crippen molar-refractivity contribution in [1.82, 2.24) is 5.32 Å². The van der Waals surface area contributed by atoms with E-state index in [4.69, 9.17) is 11.6 Å². The van der Waals surface area contributed by atoms with Gasteiger partial charge in [0.1, 0.15) is 5.82 Å². The number of Topliss-reactive ketones (excluding diaryl/α,β-unsaturated/α-hetero) is 1. The summed E-state index contributed by atoms with van der Waals surface area (Å²) in [6.07, 6.45) is 0.163. The number of ketones is 1. The molecule has 1 rings (SSSR count). The van der Waals surface area contributed by atoms with Gasteiger partial charge >= 0.3 is 0 Å². The highest BCUT2D eigenvalue weighted by Crippen LogP contribution is 2.19. The highest BCUT2D eigenvalue weighted by Gasteiger charge is 2.10. The van der Waals surface area contributed by atoms with E-state index in [2.05, 4.69) is 5.32 Å². The predicted molar refractivity (Wildman–Crippen MR) is 63.3 cm³/mol. The van der Waals surface area contributed by atoms with Gasteiger partial charge in [0.05, 0.1) is 11.6 Å². The van der Waals surface area contributed by atoms with Crippen LogP contribution in [0.4, 0.5) is 4.39 Å². The van der Waals surface area contributed by atoms with Gasteiger partial charge in [-0.25, -0.2) is 4.39 Å². The molecule has 0 aliphatic carbocycles. The third kappa shape index (κ3) is 3.91. The van der Waals surface area contributed by atoms with Gasteiger partial charge in [-0.05, 0) is 11.6 Å². The number of rotatable bonds is 5. The Morgan fingerprint density at radius 2 is 2.19 bits per heavy atom. The fraction of sp³-hybridized carbons (Fsp3) is 0.417. The molecule has 0 unspecified atom stereocenters. The molecule has 88 valence electrons. The molecule has 0 amide bonds. The number of carbonyl (C=O) groups is 1. The van der Waals surface area contributed by atoms with Crippen LogP contribution in [0, 0.1) is 5.82 Å². The first-order valence-electron chi connectivity index (χ1n) is 5.18. The molecule has 1 N–H and O–H groups in total. The number of nitrogens with one attached hydrogen (secondary N) is 1. The predicted octanol–water partition coefficient (Wildman–Crippen LogP) is 2.59. The average Bonchev–Trinajstić information content (AvgIpc) is 2.22. The quantitative estimate of drug-likeness (QED) is 0.861. The molecule has 1 aromatic carbocycles. The minimum atomic E-state index is -0.483. The molecule has 0 saturated heterocycles. The minimum Gasteiger partial charge on any atom is -0.308 e. The van der Waals surface area contributed by atoms with Gasteiger partial charge < -0.3 is 5.32 Å². The summed E-state index contributed by atoms with van der Waals surface area (Å²) < 4.78 is 13.1. The summed E-state index contributed by atoms with van der Waals surface area (Å²) in [5.41, 5.74) is 0.539. The first-order chi connectivity index (χ1) is 7.50. The lowest BCUT2D eigenvalue weighted by atomic mass is 10.1. The molecule has 0 aromatic heterocycles. The van der Waals surface area contributed by atoms with Gasteiger partial charge in [-0.2, -0.15) is 0 Å². The van der Waals surface area contributed by atoms with Crippen LogP contribution in [0.15, 0.2) is 18.2 Å². The van der Waals surface area contributed by atoms with Crippen LogP contribution in [-0.4, -0.2) is 18.4 Å². The molecule has 2 nitrogen and oxygen atoms in total. The van der Waals surface area contributed by atoms with Crippen molar-refractivity contribution >= 4 is 17.4 Å². The van der Waals surface area contributed by atoms with Crippen LogP contribution < -0.4 is 5.32 Å². The summed E-state index contributed by atoms with van der Waals surface area (Å²) in [5.74, 6) is -0.481.